The Morgan fingerprint density at radius 2 is 1.78 bits per heavy atom. The molecule has 0 fully saturated rings. The van der Waals surface area contributed by atoms with E-state index in [1.807, 2.05) is 0 Å². The summed E-state index contributed by atoms with van der Waals surface area (Å²) in [6.07, 6.45) is 2.11. The molecule has 2 aromatic carbocycles. The van der Waals surface area contributed by atoms with E-state index >= 15 is 4.39 Å². The van der Waals surface area contributed by atoms with E-state index in [0.717, 1.165) is 5.57 Å². The maximum absolute atomic E-state index is 16.7. The highest BCUT2D eigenvalue weighted by atomic mass is 19.1. The molecule has 55 heavy (non-hydrogen) atoms. The molecule has 17 nitrogen and oxygen atoms in total. The summed E-state index contributed by atoms with van der Waals surface area (Å²) in [5.74, 6) is -1.37. The van der Waals surface area contributed by atoms with Crippen LogP contribution in [0.15, 0.2) is 77.2 Å². The molecule has 1 aliphatic heterocycles. The van der Waals surface area contributed by atoms with E-state index in [-0.39, 0.29) is 61.3 Å². The molecule has 3 aromatic rings. The van der Waals surface area contributed by atoms with Gasteiger partial charge in [-0.25, -0.2) is 19.4 Å². The van der Waals surface area contributed by atoms with Crippen LogP contribution in [0.5, 0.6) is 11.5 Å². The molecular weight excluding hydrogens is 719 g/mol. The number of anilines is 2. The number of likely N-dealkylation sites (N-methyl/N-ethyl adjacent to an activating group) is 1. The highest BCUT2D eigenvalue weighted by Gasteiger charge is 2.42. The number of aliphatic imine (C=N–C) groups is 1. The third-order valence-corrected chi connectivity index (χ3v) is 7.83. The van der Waals surface area contributed by atoms with Crippen molar-refractivity contribution >= 4 is 35.4 Å². The highest BCUT2D eigenvalue weighted by Crippen LogP contribution is 2.38. The summed E-state index contributed by atoms with van der Waals surface area (Å²) in [6, 6.07) is 10.4. The van der Waals surface area contributed by atoms with Crippen LogP contribution in [0.4, 0.5) is 16.0 Å². The van der Waals surface area contributed by atoms with Gasteiger partial charge >= 0.3 is 18.0 Å². The maximum atomic E-state index is 16.7. The Morgan fingerprint density at radius 3 is 2.42 bits per heavy atom. The molecule has 4 rings (SSSR count). The molecule has 296 valence electrons. The van der Waals surface area contributed by atoms with Crippen LogP contribution in [0.25, 0.3) is 0 Å². The maximum Gasteiger partial charge on any atom is 0.316 e. The first-order chi connectivity index (χ1) is 26.2. The van der Waals surface area contributed by atoms with Crippen molar-refractivity contribution in [2.45, 2.75) is 39.9 Å². The molecule has 1 aromatic heterocycles. The number of hydrazine groups is 1. The fraction of sp³-hybridized carbons (Fsp3) is 0.405. The zero-order valence-electron chi connectivity index (χ0n) is 31.9. The van der Waals surface area contributed by atoms with Gasteiger partial charge in [0, 0.05) is 56.4 Å². The monoisotopic (exact) mass is 766 g/mol. The summed E-state index contributed by atoms with van der Waals surface area (Å²) in [4.78, 5) is 42.9. The number of methoxy groups -OCH3 is 2. The first-order valence-electron chi connectivity index (χ1n) is 17.0. The number of halogens is 1. The topological polar surface area (TPSA) is 194 Å². The minimum Gasteiger partial charge on any atom is -0.497 e. The molecule has 0 amide bonds. The van der Waals surface area contributed by atoms with Gasteiger partial charge in [0.25, 0.3) is 0 Å². The van der Waals surface area contributed by atoms with Crippen LogP contribution in [-0.4, -0.2) is 99.4 Å². The average molecular weight is 767 g/mol. The Labute approximate surface area is 318 Å². The van der Waals surface area contributed by atoms with E-state index in [1.165, 1.54) is 50.7 Å². The lowest BCUT2D eigenvalue weighted by Gasteiger charge is -2.33. The minimum atomic E-state index is -0.998. The second-order valence-corrected chi connectivity index (χ2v) is 12.9. The molecule has 0 radical (unpaired) electrons. The molecule has 0 saturated carbocycles. The number of carbonyl (C=O) groups excluding carboxylic acids is 2. The number of nitrogens with zero attached hydrogens (tertiary/aromatic N) is 6. The van der Waals surface area contributed by atoms with Crippen molar-refractivity contribution in [3.63, 3.8) is 0 Å². The van der Waals surface area contributed by atoms with Crippen molar-refractivity contribution in [1.82, 2.24) is 15.0 Å². The number of esters is 2. The zero-order valence-corrected chi connectivity index (χ0v) is 31.9. The van der Waals surface area contributed by atoms with E-state index in [1.54, 1.807) is 63.2 Å². The zero-order chi connectivity index (χ0) is 40.1. The van der Waals surface area contributed by atoms with Gasteiger partial charge in [0.2, 0.25) is 12.7 Å². The first-order valence-corrected chi connectivity index (χ1v) is 17.0. The van der Waals surface area contributed by atoms with Gasteiger partial charge in [-0.2, -0.15) is 10.0 Å². The summed E-state index contributed by atoms with van der Waals surface area (Å²) in [7, 11) is 4.60. The summed E-state index contributed by atoms with van der Waals surface area (Å²) in [6.45, 7) is 9.80. The lowest BCUT2D eigenvalue weighted by molar-refractivity contribution is -0.164. The van der Waals surface area contributed by atoms with Crippen molar-refractivity contribution in [2.75, 3.05) is 64.8 Å². The number of amidine groups is 2. The largest absolute Gasteiger partial charge is 0.497 e. The Hall–Kier alpha value is -6.01. The number of benzene rings is 2. The molecule has 2 heterocycles. The van der Waals surface area contributed by atoms with Gasteiger partial charge in [0.1, 0.15) is 31.7 Å². The number of ether oxygens (including phenoxy) is 6. The van der Waals surface area contributed by atoms with Gasteiger partial charge in [-0.15, -0.1) is 0 Å². The fourth-order valence-corrected chi connectivity index (χ4v) is 5.15. The van der Waals surface area contributed by atoms with Crippen LogP contribution < -0.4 is 25.5 Å². The highest BCUT2D eigenvalue weighted by molar-refractivity contribution is 5.97. The first kappa shape index (κ1) is 41.7. The molecular formula is C37H47FN8O9. The fourth-order valence-electron chi connectivity index (χ4n) is 5.15. The third kappa shape index (κ3) is 11.2. The molecule has 0 saturated heterocycles. The number of hydrogen-bond acceptors (Lipinski definition) is 16. The Kier molecular flexibility index (Phi) is 14.7. The Morgan fingerprint density at radius 1 is 1.07 bits per heavy atom. The van der Waals surface area contributed by atoms with Gasteiger partial charge in [-0.1, -0.05) is 11.7 Å². The predicted octanol–water partition coefficient (Wildman–Crippen LogP) is 4.17. The second kappa shape index (κ2) is 19.4. The van der Waals surface area contributed by atoms with Crippen LogP contribution in [-0.2, 0) is 33.4 Å². The molecule has 0 aliphatic carbocycles. The van der Waals surface area contributed by atoms with Crippen LogP contribution in [0.2, 0.25) is 0 Å². The van der Waals surface area contributed by atoms with Gasteiger partial charge in [-0.05, 0) is 62.7 Å². The molecule has 1 unspecified atom stereocenters. The van der Waals surface area contributed by atoms with E-state index in [0.29, 0.717) is 11.3 Å². The smallest absolute Gasteiger partial charge is 0.316 e. The second-order valence-electron chi connectivity index (χ2n) is 12.9. The molecule has 0 spiro atoms. The quantitative estimate of drug-likeness (QED) is 0.0336. The normalized spacial score (nSPS) is 15.1. The number of rotatable bonds is 19. The van der Waals surface area contributed by atoms with Crippen LogP contribution in [0, 0.1) is 11.2 Å². The summed E-state index contributed by atoms with van der Waals surface area (Å²) >= 11 is 0. The van der Waals surface area contributed by atoms with E-state index in [9.17, 15) is 9.59 Å². The van der Waals surface area contributed by atoms with Crippen molar-refractivity contribution in [3.05, 3.63) is 84.0 Å². The number of oxime groups is 1. The lowest BCUT2D eigenvalue weighted by atomic mass is 9.95. The standard InChI is InChI=1S/C37H47FN8O9/c1-23(2)20-55-44-32(39)25-10-12-26(13-11-25)42-31(28-18-27(50-8)19-29(30(28)38)52-17-16-51-24(3)47)33-43-36(46(45(33)6)35-40-14-9-15-41-35)54-22-53-34(48)37(4,5)21-49-7/h9-15,18-19,31,33,42H,1,16-17,20-22H2,2-8H3,(H2,39,44)/t31-,33?/m1/s1. The van der Waals surface area contributed by atoms with Gasteiger partial charge < -0.3 is 44.3 Å². The molecule has 0 bridgehead atoms. The third-order valence-electron chi connectivity index (χ3n) is 7.83. The average Bonchev–Trinajstić information content (AvgIpc) is 3.48. The van der Waals surface area contributed by atoms with Crippen molar-refractivity contribution in [2.24, 2.45) is 21.3 Å². The number of nitrogens with two attached hydrogens (primary N) is 1. The van der Waals surface area contributed by atoms with Gasteiger partial charge in [0.05, 0.1) is 25.2 Å². The Balaban J connectivity index is 1.76. The van der Waals surface area contributed by atoms with Crippen molar-refractivity contribution < 1.29 is 47.2 Å². The van der Waals surface area contributed by atoms with Gasteiger partial charge in [0.15, 0.2) is 17.4 Å². The summed E-state index contributed by atoms with van der Waals surface area (Å²) in [5, 5.41) is 10.4. The van der Waals surface area contributed by atoms with Crippen molar-refractivity contribution in [1.29, 1.82) is 0 Å². The molecule has 1 aliphatic rings. The number of nitrogens with one attached hydrogen (secondary N) is 1. The summed E-state index contributed by atoms with van der Waals surface area (Å²) < 4.78 is 49.4. The van der Waals surface area contributed by atoms with E-state index in [2.05, 4.69) is 27.0 Å². The SMILES string of the molecule is C=C(C)CON=C(N)c1ccc(N[C@H](c2cc(OC)cc(OCCOC(C)=O)c2F)C2N=C(OCOC(=O)C(C)(C)COC)N(c3ncccn3)N2C)cc1. The van der Waals surface area contributed by atoms with E-state index in [4.69, 9.17) is 44.0 Å². The number of hydrogen-bond donors (Lipinski definition) is 2. The van der Waals surface area contributed by atoms with E-state index < -0.39 is 42.2 Å². The molecule has 18 heteroatoms. The predicted molar refractivity (Wildman–Crippen MR) is 201 cm³/mol. The van der Waals surface area contributed by atoms with Crippen molar-refractivity contribution in [3.8, 4) is 11.5 Å². The summed E-state index contributed by atoms with van der Waals surface area (Å²) in [5.41, 5.74) is 7.17. The Bertz CT molecular complexity index is 1840. The molecule has 2 atom stereocenters. The van der Waals surface area contributed by atoms with Crippen LogP contribution in [0.3, 0.4) is 0 Å². The van der Waals surface area contributed by atoms with Gasteiger partial charge in [-0.3, -0.25) is 9.59 Å². The lowest BCUT2D eigenvalue weighted by Crippen LogP contribution is -2.47. The molecule has 3 N–H and O–H groups in total. The van der Waals surface area contributed by atoms with Crippen LogP contribution in [0.1, 0.15) is 44.9 Å². The minimum absolute atomic E-state index is 0.0434. The number of carbonyl (C=O) groups is 2. The number of aromatic nitrogens is 2. The van der Waals surface area contributed by atoms with Crippen LogP contribution >= 0.6 is 0 Å².